The number of hydrogen-bond acceptors (Lipinski definition) is 4. The van der Waals surface area contributed by atoms with E-state index in [1.807, 2.05) is 20.8 Å². The van der Waals surface area contributed by atoms with Crippen molar-refractivity contribution in [1.82, 2.24) is 16.2 Å². The number of carbonyl (C=O) groups excluding carboxylic acids is 2. The van der Waals surface area contributed by atoms with Crippen LogP contribution in [-0.2, 0) is 9.59 Å². The third-order valence-corrected chi connectivity index (χ3v) is 3.79. The first-order valence-electron chi connectivity index (χ1n) is 7.16. The van der Waals surface area contributed by atoms with E-state index in [0.29, 0.717) is 15.8 Å². The van der Waals surface area contributed by atoms with E-state index in [9.17, 15) is 9.59 Å². The molecule has 0 saturated carbocycles. The van der Waals surface area contributed by atoms with Gasteiger partial charge in [-0.1, -0.05) is 11.6 Å². The maximum Gasteiger partial charge on any atom is 0.248 e. The number of amides is 2. The predicted molar refractivity (Wildman–Crippen MR) is 104 cm³/mol. The Kier molecular flexibility index (Phi) is 8.30. The molecule has 24 heavy (non-hydrogen) atoms. The highest BCUT2D eigenvalue weighted by Crippen LogP contribution is 2.13. The number of rotatable bonds is 5. The van der Waals surface area contributed by atoms with Gasteiger partial charge in [-0.15, -0.1) is 11.8 Å². The summed E-state index contributed by atoms with van der Waals surface area (Å²) >= 11 is 12.0. The molecule has 0 heterocycles. The number of hydrazine groups is 1. The Morgan fingerprint density at radius 1 is 1.08 bits per heavy atom. The molecule has 0 aliphatic rings. The van der Waals surface area contributed by atoms with Gasteiger partial charge in [-0.25, -0.2) is 0 Å². The fourth-order valence-corrected chi connectivity index (χ4v) is 2.60. The summed E-state index contributed by atoms with van der Waals surface area (Å²) in [5.74, 6) is -0.148. The maximum atomic E-state index is 11.8. The van der Waals surface area contributed by atoms with Gasteiger partial charge in [0.2, 0.25) is 11.8 Å². The van der Waals surface area contributed by atoms with Crippen LogP contribution in [0.2, 0.25) is 5.02 Å². The second-order valence-corrected chi connectivity index (χ2v) is 7.76. The van der Waals surface area contributed by atoms with Crippen LogP contribution in [0.3, 0.4) is 0 Å². The summed E-state index contributed by atoms with van der Waals surface area (Å²) in [6, 6.07) is 6.81. The number of anilines is 1. The van der Waals surface area contributed by atoms with E-state index < -0.39 is 0 Å². The topological polar surface area (TPSA) is 82.3 Å². The van der Waals surface area contributed by atoms with E-state index in [1.54, 1.807) is 24.3 Å². The van der Waals surface area contributed by atoms with Crippen LogP contribution < -0.4 is 21.5 Å². The van der Waals surface area contributed by atoms with Crippen molar-refractivity contribution in [3.63, 3.8) is 0 Å². The molecule has 0 unspecified atom stereocenters. The normalized spacial score (nSPS) is 10.7. The van der Waals surface area contributed by atoms with Crippen molar-refractivity contribution < 1.29 is 9.59 Å². The lowest BCUT2D eigenvalue weighted by Crippen LogP contribution is -2.52. The largest absolute Gasteiger partial charge is 0.357 e. The van der Waals surface area contributed by atoms with Gasteiger partial charge in [0.25, 0.3) is 0 Å². The summed E-state index contributed by atoms with van der Waals surface area (Å²) in [6.07, 6.45) is 0. The predicted octanol–water partition coefficient (Wildman–Crippen LogP) is 2.31. The molecule has 0 aliphatic carbocycles. The number of hydrogen-bond donors (Lipinski definition) is 4. The minimum Gasteiger partial charge on any atom is -0.357 e. The highest BCUT2D eigenvalue weighted by atomic mass is 35.5. The van der Waals surface area contributed by atoms with Crippen molar-refractivity contribution in [2.24, 2.45) is 0 Å². The molecular formula is C15H21ClN4O2S2. The Bertz CT molecular complexity index is 588. The van der Waals surface area contributed by atoms with E-state index in [2.05, 4.69) is 21.5 Å². The summed E-state index contributed by atoms with van der Waals surface area (Å²) in [4.78, 5) is 23.4. The summed E-state index contributed by atoms with van der Waals surface area (Å²) in [5, 5.41) is 6.66. The smallest absolute Gasteiger partial charge is 0.248 e. The molecule has 0 radical (unpaired) electrons. The monoisotopic (exact) mass is 388 g/mol. The Morgan fingerprint density at radius 3 is 2.25 bits per heavy atom. The van der Waals surface area contributed by atoms with Crippen molar-refractivity contribution in [1.29, 1.82) is 0 Å². The fraction of sp³-hybridized carbons (Fsp3) is 0.400. The summed E-state index contributed by atoms with van der Waals surface area (Å²) in [5.41, 5.74) is 5.56. The van der Waals surface area contributed by atoms with Gasteiger partial charge in [0.15, 0.2) is 5.11 Å². The van der Waals surface area contributed by atoms with Crippen LogP contribution in [0.25, 0.3) is 0 Å². The Morgan fingerprint density at radius 2 is 1.67 bits per heavy atom. The molecule has 6 nitrogen and oxygen atoms in total. The Hall–Kier alpha value is -1.51. The fourth-order valence-electron chi connectivity index (χ4n) is 1.50. The molecule has 1 aromatic carbocycles. The van der Waals surface area contributed by atoms with Crippen LogP contribution in [0.4, 0.5) is 5.69 Å². The zero-order chi connectivity index (χ0) is 18.2. The summed E-state index contributed by atoms with van der Waals surface area (Å²) < 4.78 is 0. The van der Waals surface area contributed by atoms with Gasteiger partial charge in [0.1, 0.15) is 0 Å². The molecule has 0 spiro atoms. The van der Waals surface area contributed by atoms with Crippen molar-refractivity contribution in [3.05, 3.63) is 29.3 Å². The van der Waals surface area contributed by atoms with Gasteiger partial charge in [-0.2, -0.15) is 0 Å². The van der Waals surface area contributed by atoms with Crippen LogP contribution in [0.1, 0.15) is 20.8 Å². The molecule has 0 aromatic heterocycles. The van der Waals surface area contributed by atoms with Crippen LogP contribution >= 0.6 is 35.6 Å². The zero-order valence-electron chi connectivity index (χ0n) is 13.7. The average molecular weight is 389 g/mol. The lowest BCUT2D eigenvalue weighted by molar-refractivity contribution is -0.119. The van der Waals surface area contributed by atoms with Gasteiger partial charge >= 0.3 is 0 Å². The molecule has 9 heteroatoms. The van der Waals surface area contributed by atoms with Crippen LogP contribution in [0.5, 0.6) is 0 Å². The third kappa shape index (κ3) is 9.59. The number of thioether (sulfide) groups is 1. The molecule has 132 valence electrons. The molecular weight excluding hydrogens is 368 g/mol. The first-order valence-corrected chi connectivity index (χ1v) is 9.10. The van der Waals surface area contributed by atoms with Crippen molar-refractivity contribution in [2.45, 2.75) is 26.3 Å². The van der Waals surface area contributed by atoms with Crippen LogP contribution in [-0.4, -0.2) is 34.0 Å². The van der Waals surface area contributed by atoms with E-state index in [4.69, 9.17) is 23.8 Å². The van der Waals surface area contributed by atoms with Crippen molar-refractivity contribution >= 4 is 58.2 Å². The van der Waals surface area contributed by atoms with Crippen molar-refractivity contribution in [2.75, 3.05) is 16.8 Å². The quantitative estimate of drug-likeness (QED) is 0.457. The molecule has 0 saturated heterocycles. The number of thiocarbonyl (C=S) groups is 1. The number of halogens is 1. The average Bonchev–Trinajstić information content (AvgIpc) is 2.46. The van der Waals surface area contributed by atoms with Crippen LogP contribution in [0, 0.1) is 0 Å². The molecule has 0 bridgehead atoms. The van der Waals surface area contributed by atoms with E-state index in [-0.39, 0.29) is 28.9 Å². The first kappa shape index (κ1) is 20.5. The SMILES string of the molecule is CC(C)(C)NC(=S)NNC(=O)CSCC(=O)Nc1ccc(Cl)cc1. The van der Waals surface area contributed by atoms with Gasteiger partial charge in [-0.3, -0.25) is 20.4 Å². The maximum absolute atomic E-state index is 11.8. The third-order valence-electron chi connectivity index (χ3n) is 2.40. The number of benzene rings is 1. The minimum atomic E-state index is -0.266. The van der Waals surface area contributed by atoms with Gasteiger partial charge < -0.3 is 10.6 Å². The molecule has 1 rings (SSSR count). The Labute approximate surface area is 156 Å². The zero-order valence-corrected chi connectivity index (χ0v) is 16.1. The lowest BCUT2D eigenvalue weighted by Gasteiger charge is -2.23. The highest BCUT2D eigenvalue weighted by Gasteiger charge is 2.11. The van der Waals surface area contributed by atoms with E-state index in [1.165, 1.54) is 11.8 Å². The lowest BCUT2D eigenvalue weighted by atomic mass is 10.1. The second-order valence-electron chi connectivity index (χ2n) is 5.93. The molecule has 4 N–H and O–H groups in total. The number of carbonyl (C=O) groups is 2. The first-order chi connectivity index (χ1) is 11.2. The standard InChI is InChI=1S/C15H21ClN4O2S2/c1-15(2,3)18-14(23)20-19-13(22)9-24-8-12(21)17-11-6-4-10(16)5-7-11/h4-7H,8-9H2,1-3H3,(H,17,21)(H,19,22)(H2,18,20,23). The summed E-state index contributed by atoms with van der Waals surface area (Å²) in [6.45, 7) is 5.87. The van der Waals surface area contributed by atoms with Gasteiger partial charge in [-0.05, 0) is 57.3 Å². The molecule has 2 amide bonds. The molecule has 0 fully saturated rings. The second kappa shape index (κ2) is 9.71. The van der Waals surface area contributed by atoms with Crippen molar-refractivity contribution in [3.8, 4) is 0 Å². The molecule has 0 aliphatic heterocycles. The Balaban J connectivity index is 2.19. The highest BCUT2D eigenvalue weighted by molar-refractivity contribution is 8.00. The van der Waals surface area contributed by atoms with Crippen LogP contribution in [0.15, 0.2) is 24.3 Å². The van der Waals surface area contributed by atoms with E-state index in [0.717, 1.165) is 0 Å². The van der Waals surface area contributed by atoms with Gasteiger partial charge in [0.05, 0.1) is 11.5 Å². The number of nitrogens with one attached hydrogen (secondary N) is 4. The van der Waals surface area contributed by atoms with Gasteiger partial charge in [0, 0.05) is 16.2 Å². The molecule has 0 atom stereocenters. The minimum absolute atomic E-state index is 0.138. The molecule has 1 aromatic rings. The van der Waals surface area contributed by atoms with E-state index >= 15 is 0 Å². The summed E-state index contributed by atoms with van der Waals surface area (Å²) in [7, 11) is 0.